The molecule has 1 saturated heterocycles. The van der Waals surface area contributed by atoms with Crippen molar-refractivity contribution in [1.29, 1.82) is 0 Å². The summed E-state index contributed by atoms with van der Waals surface area (Å²) in [5, 5.41) is 9.29. The normalized spacial score (nSPS) is 16.6. The molecule has 2 aromatic heterocycles. The van der Waals surface area contributed by atoms with Crippen LogP contribution in [0.1, 0.15) is 10.6 Å². The molecule has 3 rings (SSSR count). The van der Waals surface area contributed by atoms with Gasteiger partial charge >= 0.3 is 0 Å². The molecular formula is C16H23N5OS. The first-order valence-corrected chi connectivity index (χ1v) is 8.76. The Kier molecular flexibility index (Phi) is 5.09. The number of hydrogen-bond donors (Lipinski definition) is 1. The van der Waals surface area contributed by atoms with Crippen molar-refractivity contribution >= 4 is 23.1 Å². The average molecular weight is 333 g/mol. The fraction of sp³-hybridized carbons (Fsp3) is 0.500. The second-order valence-electron chi connectivity index (χ2n) is 5.97. The molecule has 0 bridgehead atoms. The molecular weight excluding hydrogens is 310 g/mol. The van der Waals surface area contributed by atoms with Gasteiger partial charge in [0.05, 0.1) is 12.2 Å². The van der Waals surface area contributed by atoms with Crippen LogP contribution in [0.3, 0.4) is 0 Å². The van der Waals surface area contributed by atoms with E-state index in [0.29, 0.717) is 6.54 Å². The Hall–Kier alpha value is -1.70. The minimum Gasteiger partial charge on any atom is -0.310 e. The number of rotatable bonds is 5. The van der Waals surface area contributed by atoms with Crippen molar-refractivity contribution in [2.24, 2.45) is 7.05 Å². The Balaban J connectivity index is 1.43. The lowest BCUT2D eigenvalue weighted by molar-refractivity contribution is -0.117. The Bertz CT molecular complexity index is 643. The molecule has 0 aliphatic carbocycles. The molecule has 1 fully saturated rings. The largest absolute Gasteiger partial charge is 0.310 e. The van der Waals surface area contributed by atoms with Crippen LogP contribution in [0.4, 0.5) is 5.82 Å². The minimum atomic E-state index is 0.0275. The number of thiophene rings is 1. The van der Waals surface area contributed by atoms with Crippen LogP contribution < -0.4 is 5.32 Å². The Morgan fingerprint density at radius 1 is 1.30 bits per heavy atom. The van der Waals surface area contributed by atoms with Gasteiger partial charge in [-0.25, -0.2) is 0 Å². The highest BCUT2D eigenvalue weighted by Gasteiger charge is 2.19. The summed E-state index contributed by atoms with van der Waals surface area (Å²) >= 11 is 1.80. The first-order chi connectivity index (χ1) is 11.1. The standard InChI is InChI=1S/C16H23N5OS/c1-13-10-15(19(2)18-13)17-16(22)12-21-7-5-20(6-8-21)11-14-4-3-9-23-14/h3-4,9-10H,5-8,11-12H2,1-2H3,(H,17,22). The molecule has 1 N–H and O–H groups in total. The molecule has 2 aromatic rings. The van der Waals surface area contributed by atoms with E-state index in [-0.39, 0.29) is 5.91 Å². The summed E-state index contributed by atoms with van der Waals surface area (Å²) in [6.07, 6.45) is 0. The summed E-state index contributed by atoms with van der Waals surface area (Å²) in [6, 6.07) is 6.16. The van der Waals surface area contributed by atoms with Crippen molar-refractivity contribution < 1.29 is 4.79 Å². The summed E-state index contributed by atoms with van der Waals surface area (Å²) in [4.78, 5) is 18.2. The molecule has 0 saturated carbocycles. The van der Waals surface area contributed by atoms with Crippen molar-refractivity contribution in [1.82, 2.24) is 19.6 Å². The number of nitrogens with zero attached hydrogens (tertiary/aromatic N) is 4. The predicted molar refractivity (Wildman–Crippen MR) is 92.6 cm³/mol. The molecule has 0 spiro atoms. The maximum atomic E-state index is 12.2. The number of anilines is 1. The van der Waals surface area contributed by atoms with Crippen LogP contribution in [0.2, 0.25) is 0 Å². The third-order valence-electron chi connectivity index (χ3n) is 4.06. The maximum Gasteiger partial charge on any atom is 0.239 e. The fourth-order valence-corrected chi connectivity index (χ4v) is 3.59. The summed E-state index contributed by atoms with van der Waals surface area (Å²) in [7, 11) is 1.84. The summed E-state index contributed by atoms with van der Waals surface area (Å²) in [5.74, 6) is 0.781. The molecule has 0 radical (unpaired) electrons. The number of piperazine rings is 1. The van der Waals surface area contributed by atoms with Gasteiger partial charge in [0.15, 0.2) is 0 Å². The molecule has 1 amide bonds. The average Bonchev–Trinajstić information content (AvgIpc) is 3.11. The summed E-state index contributed by atoms with van der Waals surface area (Å²) in [6.45, 7) is 7.27. The number of aryl methyl sites for hydroxylation is 2. The van der Waals surface area contributed by atoms with Gasteiger partial charge in [0.2, 0.25) is 5.91 Å². The number of carbonyl (C=O) groups is 1. The number of amides is 1. The van der Waals surface area contributed by atoms with Crippen molar-refractivity contribution in [2.75, 3.05) is 38.0 Å². The lowest BCUT2D eigenvalue weighted by Crippen LogP contribution is -2.48. The van der Waals surface area contributed by atoms with Gasteiger partial charge in [-0.2, -0.15) is 5.10 Å². The summed E-state index contributed by atoms with van der Waals surface area (Å²) in [5.41, 5.74) is 0.907. The topological polar surface area (TPSA) is 53.4 Å². The SMILES string of the molecule is Cc1cc(NC(=O)CN2CCN(Cc3cccs3)CC2)n(C)n1. The first kappa shape index (κ1) is 16.2. The first-order valence-electron chi connectivity index (χ1n) is 7.88. The second kappa shape index (κ2) is 7.25. The van der Waals surface area contributed by atoms with Gasteiger partial charge in [0.1, 0.15) is 5.82 Å². The van der Waals surface area contributed by atoms with E-state index < -0.39 is 0 Å². The number of nitrogens with one attached hydrogen (secondary N) is 1. The zero-order valence-electron chi connectivity index (χ0n) is 13.7. The number of hydrogen-bond acceptors (Lipinski definition) is 5. The highest BCUT2D eigenvalue weighted by molar-refractivity contribution is 7.09. The van der Waals surface area contributed by atoms with Crippen LogP contribution in [0.25, 0.3) is 0 Å². The Labute approximate surface area is 140 Å². The van der Waals surface area contributed by atoms with Crippen LogP contribution in [0.15, 0.2) is 23.6 Å². The molecule has 3 heterocycles. The van der Waals surface area contributed by atoms with Crippen LogP contribution in [-0.2, 0) is 18.4 Å². The van der Waals surface area contributed by atoms with Gasteiger partial charge < -0.3 is 5.32 Å². The number of carbonyl (C=O) groups excluding carboxylic acids is 1. The van der Waals surface area contributed by atoms with Crippen LogP contribution >= 0.6 is 11.3 Å². The number of aromatic nitrogens is 2. The third kappa shape index (κ3) is 4.40. The van der Waals surface area contributed by atoms with Gasteiger partial charge in [-0.1, -0.05) is 6.07 Å². The van der Waals surface area contributed by atoms with Gasteiger partial charge in [-0.05, 0) is 18.4 Å². The maximum absolute atomic E-state index is 12.2. The van der Waals surface area contributed by atoms with E-state index in [1.54, 1.807) is 16.0 Å². The molecule has 0 atom stereocenters. The van der Waals surface area contributed by atoms with E-state index in [0.717, 1.165) is 44.2 Å². The van der Waals surface area contributed by atoms with E-state index >= 15 is 0 Å². The Morgan fingerprint density at radius 2 is 2.04 bits per heavy atom. The molecule has 0 aromatic carbocycles. The monoisotopic (exact) mass is 333 g/mol. The molecule has 7 heteroatoms. The van der Waals surface area contributed by atoms with Crippen LogP contribution in [0.5, 0.6) is 0 Å². The highest BCUT2D eigenvalue weighted by Crippen LogP contribution is 2.13. The van der Waals surface area contributed by atoms with Gasteiger partial charge in [-0.3, -0.25) is 19.3 Å². The molecule has 1 aliphatic heterocycles. The fourth-order valence-electron chi connectivity index (χ4n) is 2.84. The van der Waals surface area contributed by atoms with E-state index in [2.05, 4.69) is 37.7 Å². The van der Waals surface area contributed by atoms with Crippen molar-refractivity contribution in [3.8, 4) is 0 Å². The molecule has 0 unspecified atom stereocenters. The lowest BCUT2D eigenvalue weighted by atomic mass is 10.3. The van der Waals surface area contributed by atoms with Crippen LogP contribution in [-0.4, -0.2) is 58.2 Å². The lowest BCUT2D eigenvalue weighted by Gasteiger charge is -2.33. The zero-order valence-corrected chi connectivity index (χ0v) is 14.5. The molecule has 1 aliphatic rings. The zero-order chi connectivity index (χ0) is 16.2. The quantitative estimate of drug-likeness (QED) is 0.902. The van der Waals surface area contributed by atoms with Crippen molar-refractivity contribution in [2.45, 2.75) is 13.5 Å². The predicted octanol–water partition coefficient (Wildman–Crippen LogP) is 1.55. The smallest absolute Gasteiger partial charge is 0.239 e. The van der Waals surface area contributed by atoms with Crippen molar-refractivity contribution in [3.63, 3.8) is 0 Å². The van der Waals surface area contributed by atoms with E-state index in [4.69, 9.17) is 0 Å². The Morgan fingerprint density at radius 3 is 2.65 bits per heavy atom. The minimum absolute atomic E-state index is 0.0275. The molecule has 6 nitrogen and oxygen atoms in total. The second-order valence-corrected chi connectivity index (χ2v) is 7.01. The highest BCUT2D eigenvalue weighted by atomic mass is 32.1. The van der Waals surface area contributed by atoms with E-state index in [1.165, 1.54) is 4.88 Å². The van der Waals surface area contributed by atoms with Gasteiger partial charge in [-0.15, -0.1) is 11.3 Å². The third-order valence-corrected chi connectivity index (χ3v) is 4.92. The molecule has 124 valence electrons. The van der Waals surface area contributed by atoms with Gasteiger partial charge in [0, 0.05) is 50.7 Å². The summed E-state index contributed by atoms with van der Waals surface area (Å²) < 4.78 is 1.70. The van der Waals surface area contributed by atoms with E-state index in [1.807, 2.05) is 20.0 Å². The molecule has 23 heavy (non-hydrogen) atoms. The van der Waals surface area contributed by atoms with Gasteiger partial charge in [0.25, 0.3) is 0 Å². The van der Waals surface area contributed by atoms with E-state index in [9.17, 15) is 4.79 Å². The van der Waals surface area contributed by atoms with Crippen LogP contribution in [0, 0.1) is 6.92 Å². The van der Waals surface area contributed by atoms with Crippen molar-refractivity contribution in [3.05, 3.63) is 34.2 Å².